The van der Waals surface area contributed by atoms with Gasteiger partial charge < -0.3 is 5.32 Å². The minimum atomic E-state index is -0.220. The van der Waals surface area contributed by atoms with Gasteiger partial charge in [-0.25, -0.2) is 9.89 Å². The van der Waals surface area contributed by atoms with Crippen LogP contribution in [0.25, 0.3) is 0 Å². The number of nitrogens with one attached hydrogen (secondary N) is 2. The molecule has 1 atom stereocenters. The molecule has 4 rings (SSSR count). The minimum Gasteiger partial charge on any atom is -0.316 e. The van der Waals surface area contributed by atoms with Crippen molar-refractivity contribution in [3.63, 3.8) is 0 Å². The van der Waals surface area contributed by atoms with Crippen LogP contribution < -0.4 is 11.0 Å². The number of aromatic nitrogens is 3. The molecule has 0 saturated heterocycles. The van der Waals surface area contributed by atoms with E-state index in [2.05, 4.69) is 28.5 Å². The van der Waals surface area contributed by atoms with Crippen molar-refractivity contribution in [1.82, 2.24) is 14.8 Å². The predicted octanol–water partition coefficient (Wildman–Crippen LogP) is 2.70. The summed E-state index contributed by atoms with van der Waals surface area (Å²) in [5.74, 6) is 0.586. The van der Waals surface area contributed by atoms with Gasteiger partial charge in [0.15, 0.2) is 5.16 Å². The monoisotopic (exact) mass is 389 g/mol. The first-order valence-corrected chi connectivity index (χ1v) is 10.5. The second-order valence-corrected chi connectivity index (χ2v) is 8.96. The topological polar surface area (TPSA) is 104 Å². The lowest BCUT2D eigenvalue weighted by Gasteiger charge is -2.17. The zero-order chi connectivity index (χ0) is 18.3. The number of nitriles is 1. The summed E-state index contributed by atoms with van der Waals surface area (Å²) in [5, 5.41) is 20.1. The highest BCUT2D eigenvalue weighted by atomic mass is 32.2. The van der Waals surface area contributed by atoms with Gasteiger partial charge in [-0.05, 0) is 43.6 Å². The van der Waals surface area contributed by atoms with Gasteiger partial charge in [0.05, 0.1) is 11.3 Å². The summed E-state index contributed by atoms with van der Waals surface area (Å²) in [6, 6.07) is 2.47. The molecular formula is C17H19N5O2S2. The molecule has 2 aliphatic rings. The molecule has 0 spiro atoms. The average molecular weight is 390 g/mol. The molecule has 1 fully saturated rings. The number of carbonyl (C=O) groups is 1. The summed E-state index contributed by atoms with van der Waals surface area (Å²) in [7, 11) is 0. The van der Waals surface area contributed by atoms with Crippen LogP contribution in [0.5, 0.6) is 0 Å². The van der Waals surface area contributed by atoms with E-state index in [4.69, 9.17) is 0 Å². The molecule has 7 nitrogen and oxygen atoms in total. The highest BCUT2D eigenvalue weighted by Crippen LogP contribution is 2.39. The quantitative estimate of drug-likeness (QED) is 0.765. The van der Waals surface area contributed by atoms with Gasteiger partial charge in [0.1, 0.15) is 11.1 Å². The third kappa shape index (κ3) is 3.31. The van der Waals surface area contributed by atoms with E-state index < -0.39 is 0 Å². The Kier molecular flexibility index (Phi) is 4.63. The van der Waals surface area contributed by atoms with E-state index in [1.807, 2.05) is 0 Å². The first-order chi connectivity index (χ1) is 12.6. The number of amides is 1. The van der Waals surface area contributed by atoms with Crippen molar-refractivity contribution in [3.05, 3.63) is 26.5 Å². The first kappa shape index (κ1) is 17.4. The third-order valence-electron chi connectivity index (χ3n) is 4.79. The normalized spacial score (nSPS) is 19.0. The molecule has 1 saturated carbocycles. The molecule has 2 aromatic rings. The number of aromatic amines is 1. The van der Waals surface area contributed by atoms with Gasteiger partial charge in [-0.2, -0.15) is 5.26 Å². The SMILES string of the molecule is C[C@H]1CCc2c(sc(NC(=O)CSc3n[nH]c(=O)n3C3CC3)c2C#N)C1. The standard InChI is InChI=1S/C17H19N5O2S2/c1-9-2-5-11-12(7-18)15(26-13(11)6-9)19-14(23)8-25-17-21-20-16(24)22(17)10-3-4-10/h9-10H,2-6,8H2,1H3,(H,19,23)(H,20,24)/t9-/m0/s1. The molecule has 2 N–H and O–H groups in total. The number of carbonyl (C=O) groups excluding carboxylic acids is 1. The Balaban J connectivity index is 1.44. The van der Waals surface area contributed by atoms with Crippen molar-refractivity contribution in [2.45, 2.75) is 50.2 Å². The van der Waals surface area contributed by atoms with Gasteiger partial charge in [0.2, 0.25) is 5.91 Å². The second-order valence-electron chi connectivity index (χ2n) is 6.92. The van der Waals surface area contributed by atoms with Crippen LogP contribution in [0.4, 0.5) is 5.00 Å². The predicted molar refractivity (Wildman–Crippen MR) is 101 cm³/mol. The summed E-state index contributed by atoms with van der Waals surface area (Å²) in [6.45, 7) is 2.22. The second kappa shape index (κ2) is 6.93. The van der Waals surface area contributed by atoms with Crippen molar-refractivity contribution in [2.24, 2.45) is 5.92 Å². The number of thiophene rings is 1. The van der Waals surface area contributed by atoms with E-state index >= 15 is 0 Å². The van der Waals surface area contributed by atoms with E-state index in [0.29, 0.717) is 21.6 Å². The van der Waals surface area contributed by atoms with Crippen molar-refractivity contribution in [1.29, 1.82) is 5.26 Å². The van der Waals surface area contributed by atoms with Crippen molar-refractivity contribution >= 4 is 34.0 Å². The van der Waals surface area contributed by atoms with Crippen LogP contribution in [0.2, 0.25) is 0 Å². The van der Waals surface area contributed by atoms with Crippen LogP contribution >= 0.6 is 23.1 Å². The van der Waals surface area contributed by atoms with Crippen LogP contribution in [0.1, 0.15) is 48.2 Å². The number of rotatable bonds is 5. The Labute approximate surface area is 158 Å². The molecular weight excluding hydrogens is 370 g/mol. The number of fused-ring (bicyclic) bond motifs is 1. The first-order valence-electron chi connectivity index (χ1n) is 8.71. The maximum atomic E-state index is 12.4. The van der Waals surface area contributed by atoms with Crippen LogP contribution in [-0.2, 0) is 17.6 Å². The smallest absolute Gasteiger partial charge is 0.316 e. The molecule has 0 aliphatic heterocycles. The molecule has 26 heavy (non-hydrogen) atoms. The number of H-pyrrole nitrogens is 1. The number of thioether (sulfide) groups is 1. The van der Waals surface area contributed by atoms with Gasteiger partial charge in [-0.1, -0.05) is 18.7 Å². The molecule has 1 amide bonds. The third-order valence-corrected chi connectivity index (χ3v) is 6.92. The Morgan fingerprint density at radius 1 is 1.50 bits per heavy atom. The van der Waals surface area contributed by atoms with Gasteiger partial charge in [0, 0.05) is 10.9 Å². The largest absolute Gasteiger partial charge is 0.344 e. The van der Waals surface area contributed by atoms with E-state index in [0.717, 1.165) is 37.7 Å². The average Bonchev–Trinajstić information content (AvgIpc) is 3.29. The molecule has 0 unspecified atom stereocenters. The van der Waals surface area contributed by atoms with E-state index in [1.165, 1.54) is 28.0 Å². The van der Waals surface area contributed by atoms with Gasteiger partial charge in [-0.15, -0.1) is 16.4 Å². The summed E-state index contributed by atoms with van der Waals surface area (Å²) in [6.07, 6.45) is 4.91. The van der Waals surface area contributed by atoms with Gasteiger partial charge in [-0.3, -0.25) is 9.36 Å². The molecule has 9 heteroatoms. The van der Waals surface area contributed by atoms with Crippen molar-refractivity contribution < 1.29 is 4.79 Å². The Morgan fingerprint density at radius 2 is 2.31 bits per heavy atom. The number of nitrogens with zero attached hydrogens (tertiary/aromatic N) is 3. The minimum absolute atomic E-state index is 0.154. The maximum Gasteiger partial charge on any atom is 0.344 e. The van der Waals surface area contributed by atoms with Crippen LogP contribution in [0, 0.1) is 17.2 Å². The summed E-state index contributed by atoms with van der Waals surface area (Å²) in [5.41, 5.74) is 1.50. The molecule has 0 radical (unpaired) electrons. The van der Waals surface area contributed by atoms with E-state index in [-0.39, 0.29) is 23.4 Å². The fraction of sp³-hybridized carbons (Fsp3) is 0.529. The summed E-state index contributed by atoms with van der Waals surface area (Å²) in [4.78, 5) is 25.4. The zero-order valence-corrected chi connectivity index (χ0v) is 16.0. The van der Waals surface area contributed by atoms with Gasteiger partial charge in [0.25, 0.3) is 0 Å². The number of hydrogen-bond donors (Lipinski definition) is 2. The van der Waals surface area contributed by atoms with Crippen molar-refractivity contribution in [2.75, 3.05) is 11.1 Å². The van der Waals surface area contributed by atoms with Crippen LogP contribution in [-0.4, -0.2) is 26.4 Å². The van der Waals surface area contributed by atoms with Crippen molar-refractivity contribution in [3.8, 4) is 6.07 Å². The summed E-state index contributed by atoms with van der Waals surface area (Å²) < 4.78 is 1.63. The molecule has 2 aliphatic carbocycles. The lowest BCUT2D eigenvalue weighted by molar-refractivity contribution is -0.113. The van der Waals surface area contributed by atoms with E-state index in [1.54, 1.807) is 4.57 Å². The molecule has 0 aromatic carbocycles. The molecule has 2 heterocycles. The highest BCUT2D eigenvalue weighted by Gasteiger charge is 2.29. The molecule has 136 valence electrons. The Hall–Kier alpha value is -2.05. The zero-order valence-electron chi connectivity index (χ0n) is 14.4. The van der Waals surface area contributed by atoms with Gasteiger partial charge >= 0.3 is 5.69 Å². The highest BCUT2D eigenvalue weighted by molar-refractivity contribution is 7.99. The lowest BCUT2D eigenvalue weighted by Crippen LogP contribution is -2.17. The fourth-order valence-corrected chi connectivity index (χ4v) is 5.49. The Morgan fingerprint density at radius 3 is 3.04 bits per heavy atom. The maximum absolute atomic E-state index is 12.4. The fourth-order valence-electron chi connectivity index (χ4n) is 3.30. The van der Waals surface area contributed by atoms with Crippen LogP contribution in [0.15, 0.2) is 9.95 Å². The lowest BCUT2D eigenvalue weighted by atomic mass is 9.89. The number of hydrogen-bond acceptors (Lipinski definition) is 6. The van der Waals surface area contributed by atoms with Crippen LogP contribution in [0.3, 0.4) is 0 Å². The molecule has 0 bridgehead atoms. The Bertz CT molecular complexity index is 947. The number of anilines is 1. The summed E-state index contributed by atoms with van der Waals surface area (Å²) >= 11 is 2.76. The molecule has 2 aromatic heterocycles. The van der Waals surface area contributed by atoms with E-state index in [9.17, 15) is 14.9 Å².